The van der Waals surface area contributed by atoms with Gasteiger partial charge in [-0.2, -0.15) is 0 Å². The van der Waals surface area contributed by atoms with Crippen LogP contribution >= 0.6 is 11.6 Å². The SMILES string of the molecule is COc1cc(/C=C2\C(=O)NC(=O)N(Cc3ccco3)C2=O)cc(Cl)c1OCc1ccc(C)cc1. The van der Waals surface area contributed by atoms with Crippen LogP contribution in [0.2, 0.25) is 5.02 Å². The molecular formula is C25H21ClN2O6. The van der Waals surface area contributed by atoms with Crippen LogP contribution < -0.4 is 14.8 Å². The molecule has 4 rings (SSSR count). The second-order valence-electron chi connectivity index (χ2n) is 7.60. The fourth-order valence-electron chi connectivity index (χ4n) is 3.37. The van der Waals surface area contributed by atoms with Gasteiger partial charge in [0.1, 0.15) is 17.9 Å². The number of aryl methyl sites for hydroxylation is 1. The van der Waals surface area contributed by atoms with Gasteiger partial charge in [-0.3, -0.25) is 19.8 Å². The van der Waals surface area contributed by atoms with Gasteiger partial charge >= 0.3 is 6.03 Å². The molecule has 0 aliphatic carbocycles. The molecule has 3 aromatic rings. The lowest BCUT2D eigenvalue weighted by molar-refractivity contribution is -0.130. The Bertz CT molecular complexity index is 1270. The number of nitrogens with one attached hydrogen (secondary N) is 1. The number of hydrogen-bond donors (Lipinski definition) is 1. The van der Waals surface area contributed by atoms with Crippen LogP contribution in [0.25, 0.3) is 6.08 Å². The fraction of sp³-hybridized carbons (Fsp3) is 0.160. The van der Waals surface area contributed by atoms with Crippen molar-refractivity contribution in [3.8, 4) is 11.5 Å². The number of urea groups is 1. The third-order valence-corrected chi connectivity index (χ3v) is 5.43. The molecule has 34 heavy (non-hydrogen) atoms. The van der Waals surface area contributed by atoms with Crippen molar-refractivity contribution in [1.29, 1.82) is 0 Å². The molecule has 8 nitrogen and oxygen atoms in total. The Hall–Kier alpha value is -4.04. The summed E-state index contributed by atoms with van der Waals surface area (Å²) >= 11 is 6.45. The maximum atomic E-state index is 12.9. The van der Waals surface area contributed by atoms with E-state index in [1.165, 1.54) is 19.4 Å². The Labute approximate surface area is 200 Å². The average molecular weight is 481 g/mol. The summed E-state index contributed by atoms with van der Waals surface area (Å²) in [5, 5.41) is 2.41. The zero-order chi connectivity index (χ0) is 24.2. The van der Waals surface area contributed by atoms with Gasteiger partial charge in [-0.25, -0.2) is 4.79 Å². The van der Waals surface area contributed by atoms with E-state index in [4.69, 9.17) is 25.5 Å². The number of methoxy groups -OCH3 is 1. The topological polar surface area (TPSA) is 98.1 Å². The average Bonchev–Trinajstić information content (AvgIpc) is 3.33. The van der Waals surface area contributed by atoms with Gasteiger partial charge in [0, 0.05) is 0 Å². The van der Waals surface area contributed by atoms with Crippen molar-refractivity contribution in [2.45, 2.75) is 20.1 Å². The van der Waals surface area contributed by atoms with E-state index in [0.717, 1.165) is 16.0 Å². The van der Waals surface area contributed by atoms with E-state index in [2.05, 4.69) is 5.32 Å². The molecule has 1 N–H and O–H groups in total. The highest BCUT2D eigenvalue weighted by Crippen LogP contribution is 2.37. The van der Waals surface area contributed by atoms with Crippen molar-refractivity contribution in [2.24, 2.45) is 0 Å². The second kappa shape index (κ2) is 9.84. The van der Waals surface area contributed by atoms with E-state index >= 15 is 0 Å². The van der Waals surface area contributed by atoms with Crippen molar-refractivity contribution in [3.05, 3.63) is 87.8 Å². The molecule has 1 aliphatic rings. The van der Waals surface area contributed by atoms with Crippen LogP contribution in [0, 0.1) is 6.92 Å². The fourth-order valence-corrected chi connectivity index (χ4v) is 3.64. The number of barbiturate groups is 1. The summed E-state index contributed by atoms with van der Waals surface area (Å²) in [6, 6.07) is 13.5. The minimum absolute atomic E-state index is 0.113. The standard InChI is InChI=1S/C25H21ClN2O6/c1-15-5-7-16(8-6-15)14-34-22-20(26)11-17(12-21(22)32-2)10-19-23(29)27-25(31)28(24(19)30)13-18-4-3-9-33-18/h3-12H,13-14H2,1-2H3,(H,27,29,31)/b19-10+. The van der Waals surface area contributed by atoms with Gasteiger partial charge in [-0.15, -0.1) is 0 Å². The predicted octanol–water partition coefficient (Wildman–Crippen LogP) is 4.49. The Balaban J connectivity index is 1.59. The maximum absolute atomic E-state index is 12.9. The highest BCUT2D eigenvalue weighted by atomic mass is 35.5. The molecule has 1 fully saturated rings. The Kier molecular flexibility index (Phi) is 6.70. The summed E-state index contributed by atoms with van der Waals surface area (Å²) in [5.41, 5.74) is 2.30. The molecule has 1 saturated heterocycles. The van der Waals surface area contributed by atoms with E-state index in [0.29, 0.717) is 22.8 Å². The number of rotatable bonds is 7. The molecule has 1 aromatic heterocycles. The molecule has 9 heteroatoms. The van der Waals surface area contributed by atoms with Gasteiger partial charge < -0.3 is 13.9 Å². The normalized spacial score (nSPS) is 15.0. The zero-order valence-corrected chi connectivity index (χ0v) is 19.2. The van der Waals surface area contributed by atoms with E-state index < -0.39 is 17.8 Å². The summed E-state index contributed by atoms with van der Waals surface area (Å²) in [6.45, 7) is 2.17. The van der Waals surface area contributed by atoms with Crippen molar-refractivity contribution in [3.63, 3.8) is 0 Å². The van der Waals surface area contributed by atoms with Crippen molar-refractivity contribution in [2.75, 3.05) is 7.11 Å². The van der Waals surface area contributed by atoms with E-state index in [1.54, 1.807) is 24.3 Å². The molecule has 0 atom stereocenters. The van der Waals surface area contributed by atoms with E-state index in [1.807, 2.05) is 31.2 Å². The summed E-state index contributed by atoms with van der Waals surface area (Å²) in [5.74, 6) is -0.489. The van der Waals surface area contributed by atoms with Crippen LogP contribution in [-0.4, -0.2) is 29.9 Å². The van der Waals surface area contributed by atoms with Crippen LogP contribution in [0.3, 0.4) is 0 Å². The van der Waals surface area contributed by atoms with Crippen LogP contribution in [0.1, 0.15) is 22.5 Å². The molecule has 0 radical (unpaired) electrons. The van der Waals surface area contributed by atoms with Crippen LogP contribution in [0.5, 0.6) is 11.5 Å². The number of halogens is 1. The number of hydrogen-bond acceptors (Lipinski definition) is 6. The Morgan fingerprint density at radius 3 is 2.56 bits per heavy atom. The zero-order valence-electron chi connectivity index (χ0n) is 18.5. The first-order chi connectivity index (χ1) is 16.4. The lowest BCUT2D eigenvalue weighted by atomic mass is 10.1. The van der Waals surface area contributed by atoms with E-state index in [-0.39, 0.29) is 23.7 Å². The van der Waals surface area contributed by atoms with Gasteiger partial charge in [-0.1, -0.05) is 41.4 Å². The monoisotopic (exact) mass is 480 g/mol. The molecule has 0 bridgehead atoms. The third-order valence-electron chi connectivity index (χ3n) is 5.15. The largest absolute Gasteiger partial charge is 0.493 e. The van der Waals surface area contributed by atoms with Gasteiger partial charge in [0.25, 0.3) is 11.8 Å². The van der Waals surface area contributed by atoms with Crippen LogP contribution in [0.4, 0.5) is 4.79 Å². The number of ether oxygens (including phenoxy) is 2. The van der Waals surface area contributed by atoms with Crippen LogP contribution in [0.15, 0.2) is 64.8 Å². The molecule has 174 valence electrons. The lowest BCUT2D eigenvalue weighted by Gasteiger charge is -2.25. The number of nitrogens with zero attached hydrogens (tertiary/aromatic N) is 1. The number of benzene rings is 2. The van der Waals surface area contributed by atoms with Gasteiger partial charge in [0.2, 0.25) is 0 Å². The summed E-state index contributed by atoms with van der Waals surface area (Å²) in [7, 11) is 1.46. The van der Waals surface area contributed by atoms with Crippen molar-refractivity contribution in [1.82, 2.24) is 10.2 Å². The minimum atomic E-state index is -0.820. The minimum Gasteiger partial charge on any atom is -0.493 e. The number of furan rings is 1. The molecule has 0 saturated carbocycles. The molecule has 2 heterocycles. The molecule has 0 spiro atoms. The first-order valence-electron chi connectivity index (χ1n) is 10.3. The van der Waals surface area contributed by atoms with Gasteiger partial charge in [0.05, 0.1) is 24.9 Å². The van der Waals surface area contributed by atoms with Gasteiger partial charge in [-0.05, 0) is 48.4 Å². The molecule has 2 aromatic carbocycles. The first kappa shape index (κ1) is 23.1. The van der Waals surface area contributed by atoms with Crippen molar-refractivity contribution >= 4 is 35.5 Å². The second-order valence-corrected chi connectivity index (χ2v) is 8.00. The molecular weight excluding hydrogens is 460 g/mol. The number of carbonyl (C=O) groups excluding carboxylic acids is 3. The highest BCUT2D eigenvalue weighted by molar-refractivity contribution is 6.33. The maximum Gasteiger partial charge on any atom is 0.331 e. The predicted molar refractivity (Wildman–Crippen MR) is 124 cm³/mol. The number of amides is 4. The molecule has 1 aliphatic heterocycles. The first-order valence-corrected chi connectivity index (χ1v) is 10.7. The van der Waals surface area contributed by atoms with Crippen LogP contribution in [-0.2, 0) is 22.7 Å². The summed E-state index contributed by atoms with van der Waals surface area (Å²) in [4.78, 5) is 38.4. The quantitative estimate of drug-likeness (QED) is 0.395. The summed E-state index contributed by atoms with van der Waals surface area (Å²) < 4.78 is 16.5. The number of imide groups is 2. The molecule has 4 amide bonds. The summed E-state index contributed by atoms with van der Waals surface area (Å²) in [6.07, 6.45) is 2.78. The Morgan fingerprint density at radius 1 is 1.12 bits per heavy atom. The highest BCUT2D eigenvalue weighted by Gasteiger charge is 2.36. The smallest absolute Gasteiger partial charge is 0.331 e. The third kappa shape index (κ3) is 4.97. The van der Waals surface area contributed by atoms with Crippen molar-refractivity contribution < 1.29 is 28.3 Å². The molecule has 0 unspecified atom stereocenters. The van der Waals surface area contributed by atoms with Gasteiger partial charge in [0.15, 0.2) is 11.5 Å². The lowest BCUT2D eigenvalue weighted by Crippen LogP contribution is -2.53. The Morgan fingerprint density at radius 2 is 1.88 bits per heavy atom. The van der Waals surface area contributed by atoms with E-state index in [9.17, 15) is 14.4 Å². The number of carbonyl (C=O) groups is 3.